The highest BCUT2D eigenvalue weighted by atomic mass is 19.1. The second-order valence-electron chi connectivity index (χ2n) is 5.64. The van der Waals surface area contributed by atoms with Gasteiger partial charge in [0.15, 0.2) is 0 Å². The van der Waals surface area contributed by atoms with Crippen molar-refractivity contribution in [2.75, 3.05) is 19.0 Å². The number of hydrogen-bond donors (Lipinski definition) is 3. The Morgan fingerprint density at radius 3 is 2.38 bits per heavy atom. The zero-order valence-electron chi connectivity index (χ0n) is 13.8. The first-order valence-corrected chi connectivity index (χ1v) is 7.66. The minimum atomic E-state index is -0.347. The van der Waals surface area contributed by atoms with Gasteiger partial charge in [-0.05, 0) is 28.8 Å². The lowest BCUT2D eigenvalue weighted by Gasteiger charge is -2.14. The number of nitrogens with zero attached hydrogens (tertiary/aromatic N) is 1. The molecular formula is C18H22FN3O2. The van der Waals surface area contributed by atoms with Gasteiger partial charge in [-0.3, -0.25) is 0 Å². The Bertz CT molecular complexity index is 704. The summed E-state index contributed by atoms with van der Waals surface area (Å²) in [4.78, 5) is 13.6. The van der Waals surface area contributed by atoms with Gasteiger partial charge in [0.2, 0.25) is 0 Å². The maximum Gasteiger partial charge on any atom is 0.315 e. The molecule has 0 fully saturated rings. The zero-order chi connectivity index (χ0) is 17.5. The van der Waals surface area contributed by atoms with E-state index < -0.39 is 0 Å². The third kappa shape index (κ3) is 4.70. The SMILES string of the molecule is CN(C)c1ccc(CNC(=O)NCc2ccccc2CO)cc1F. The van der Waals surface area contributed by atoms with Gasteiger partial charge in [-0.25, -0.2) is 9.18 Å². The first-order chi connectivity index (χ1) is 11.5. The number of nitrogens with one attached hydrogen (secondary N) is 2. The molecule has 6 heteroatoms. The molecule has 0 aliphatic heterocycles. The van der Waals surface area contributed by atoms with E-state index in [1.54, 1.807) is 31.1 Å². The van der Waals surface area contributed by atoms with Crippen molar-refractivity contribution in [2.24, 2.45) is 0 Å². The van der Waals surface area contributed by atoms with E-state index in [9.17, 15) is 14.3 Å². The average molecular weight is 331 g/mol. The van der Waals surface area contributed by atoms with Gasteiger partial charge in [-0.2, -0.15) is 0 Å². The minimum absolute atomic E-state index is 0.0724. The van der Waals surface area contributed by atoms with E-state index in [1.165, 1.54) is 6.07 Å². The largest absolute Gasteiger partial charge is 0.392 e. The second-order valence-corrected chi connectivity index (χ2v) is 5.64. The monoisotopic (exact) mass is 331 g/mol. The Hall–Kier alpha value is -2.60. The number of carbonyl (C=O) groups is 1. The summed E-state index contributed by atoms with van der Waals surface area (Å²) in [6.45, 7) is 0.478. The molecule has 5 nitrogen and oxygen atoms in total. The predicted octanol–water partition coefficient (Wildman–Crippen LogP) is 2.38. The van der Waals surface area contributed by atoms with Gasteiger partial charge in [0.25, 0.3) is 0 Å². The molecule has 0 saturated heterocycles. The van der Waals surface area contributed by atoms with Gasteiger partial charge in [0, 0.05) is 27.2 Å². The summed E-state index contributed by atoms with van der Waals surface area (Å²) < 4.78 is 13.9. The maximum absolute atomic E-state index is 13.9. The van der Waals surface area contributed by atoms with Crippen LogP contribution in [0.1, 0.15) is 16.7 Å². The molecule has 2 aromatic carbocycles. The average Bonchev–Trinajstić information content (AvgIpc) is 2.58. The quantitative estimate of drug-likeness (QED) is 0.761. The van der Waals surface area contributed by atoms with E-state index in [0.717, 1.165) is 11.1 Å². The summed E-state index contributed by atoms with van der Waals surface area (Å²) in [5.74, 6) is -0.323. The molecule has 0 radical (unpaired) electrons. The summed E-state index contributed by atoms with van der Waals surface area (Å²) >= 11 is 0. The topological polar surface area (TPSA) is 64.6 Å². The fraction of sp³-hybridized carbons (Fsp3) is 0.278. The molecule has 2 rings (SSSR count). The van der Waals surface area contributed by atoms with E-state index in [4.69, 9.17) is 0 Å². The fourth-order valence-electron chi connectivity index (χ4n) is 2.33. The Morgan fingerprint density at radius 2 is 1.75 bits per heavy atom. The van der Waals surface area contributed by atoms with Crippen molar-refractivity contribution in [3.63, 3.8) is 0 Å². The summed E-state index contributed by atoms with van der Waals surface area (Å²) in [5, 5.41) is 14.7. The lowest BCUT2D eigenvalue weighted by molar-refractivity contribution is 0.239. The molecule has 0 aromatic heterocycles. The molecule has 24 heavy (non-hydrogen) atoms. The van der Waals surface area contributed by atoms with Crippen LogP contribution >= 0.6 is 0 Å². The molecule has 3 N–H and O–H groups in total. The van der Waals surface area contributed by atoms with Crippen molar-refractivity contribution in [2.45, 2.75) is 19.7 Å². The molecule has 0 bridgehead atoms. The number of carbonyl (C=O) groups excluding carboxylic acids is 1. The van der Waals surface area contributed by atoms with Crippen LogP contribution in [0.5, 0.6) is 0 Å². The van der Waals surface area contributed by atoms with E-state index in [-0.39, 0.29) is 25.0 Å². The zero-order valence-corrected chi connectivity index (χ0v) is 13.8. The first-order valence-electron chi connectivity index (χ1n) is 7.66. The predicted molar refractivity (Wildman–Crippen MR) is 92.2 cm³/mol. The standard InChI is InChI=1S/C18H22FN3O2/c1-22(2)17-8-7-13(9-16(17)19)10-20-18(24)21-11-14-5-3-4-6-15(14)12-23/h3-9,23H,10-12H2,1-2H3,(H2,20,21,24). The van der Waals surface area contributed by atoms with E-state index >= 15 is 0 Å². The van der Waals surface area contributed by atoms with Crippen molar-refractivity contribution < 1.29 is 14.3 Å². The highest BCUT2D eigenvalue weighted by molar-refractivity contribution is 5.73. The van der Waals surface area contributed by atoms with Gasteiger partial charge < -0.3 is 20.6 Å². The summed E-state index contributed by atoms with van der Waals surface area (Å²) in [6, 6.07) is 11.9. The summed E-state index contributed by atoms with van der Waals surface area (Å²) in [6.07, 6.45) is 0. The second kappa shape index (κ2) is 8.31. The van der Waals surface area contributed by atoms with Crippen LogP contribution in [0.25, 0.3) is 0 Å². The van der Waals surface area contributed by atoms with Crippen LogP contribution in [-0.2, 0) is 19.7 Å². The van der Waals surface area contributed by atoms with Gasteiger partial charge in [-0.1, -0.05) is 30.3 Å². The Morgan fingerprint density at radius 1 is 1.08 bits per heavy atom. The van der Waals surface area contributed by atoms with Crippen molar-refractivity contribution in [3.8, 4) is 0 Å². The van der Waals surface area contributed by atoms with E-state index in [2.05, 4.69) is 10.6 Å². The molecule has 0 saturated carbocycles. The van der Waals surface area contributed by atoms with Crippen molar-refractivity contribution in [1.82, 2.24) is 10.6 Å². The summed E-state index contributed by atoms with van der Waals surface area (Å²) in [7, 11) is 3.54. The van der Waals surface area contributed by atoms with E-state index in [1.807, 2.05) is 24.3 Å². The number of amides is 2. The molecule has 2 aromatic rings. The highest BCUT2D eigenvalue weighted by Gasteiger charge is 2.07. The van der Waals surface area contributed by atoms with E-state index in [0.29, 0.717) is 17.8 Å². The molecule has 0 unspecified atom stereocenters. The first kappa shape index (κ1) is 17.7. The number of aliphatic hydroxyl groups excluding tert-OH is 1. The Labute approximate surface area is 141 Å². The van der Waals surface area contributed by atoms with Gasteiger partial charge in [0.05, 0.1) is 12.3 Å². The van der Waals surface area contributed by atoms with Crippen LogP contribution in [0.15, 0.2) is 42.5 Å². The van der Waals surface area contributed by atoms with Crippen molar-refractivity contribution >= 4 is 11.7 Å². The smallest absolute Gasteiger partial charge is 0.315 e. The van der Waals surface area contributed by atoms with Crippen LogP contribution in [-0.4, -0.2) is 25.2 Å². The van der Waals surface area contributed by atoms with Crippen LogP contribution < -0.4 is 15.5 Å². The number of anilines is 1. The van der Waals surface area contributed by atoms with Crippen molar-refractivity contribution in [1.29, 1.82) is 0 Å². The minimum Gasteiger partial charge on any atom is -0.392 e. The van der Waals surface area contributed by atoms with Crippen molar-refractivity contribution in [3.05, 3.63) is 65.0 Å². The van der Waals surface area contributed by atoms with Gasteiger partial charge in [-0.15, -0.1) is 0 Å². The number of rotatable bonds is 6. The third-order valence-corrected chi connectivity index (χ3v) is 3.68. The Balaban J connectivity index is 1.86. The van der Waals surface area contributed by atoms with Gasteiger partial charge in [0.1, 0.15) is 5.82 Å². The van der Waals surface area contributed by atoms with Crippen LogP contribution in [0.3, 0.4) is 0 Å². The number of hydrogen-bond acceptors (Lipinski definition) is 3. The summed E-state index contributed by atoms with van der Waals surface area (Å²) in [5.41, 5.74) is 2.82. The van der Waals surface area contributed by atoms with Gasteiger partial charge >= 0.3 is 6.03 Å². The maximum atomic E-state index is 13.9. The third-order valence-electron chi connectivity index (χ3n) is 3.68. The lowest BCUT2D eigenvalue weighted by atomic mass is 10.1. The molecule has 0 heterocycles. The molecule has 0 aliphatic carbocycles. The highest BCUT2D eigenvalue weighted by Crippen LogP contribution is 2.18. The fourth-order valence-corrected chi connectivity index (χ4v) is 2.33. The van der Waals surface area contributed by atoms with Crippen LogP contribution in [0.2, 0.25) is 0 Å². The molecule has 0 atom stereocenters. The number of aliphatic hydroxyl groups is 1. The molecule has 0 spiro atoms. The molecule has 0 aliphatic rings. The van der Waals surface area contributed by atoms with Crippen LogP contribution in [0.4, 0.5) is 14.9 Å². The molecule has 2 amide bonds. The molecular weight excluding hydrogens is 309 g/mol. The molecule has 128 valence electrons. The number of urea groups is 1. The number of benzene rings is 2. The lowest BCUT2D eigenvalue weighted by Crippen LogP contribution is -2.34. The number of halogens is 1. The normalized spacial score (nSPS) is 10.3. The van der Waals surface area contributed by atoms with Crippen LogP contribution in [0, 0.1) is 5.82 Å². The Kier molecular flexibility index (Phi) is 6.14.